The second-order valence-corrected chi connectivity index (χ2v) is 7.26. The van der Waals surface area contributed by atoms with Gasteiger partial charge in [0.2, 0.25) is 17.6 Å². The van der Waals surface area contributed by atoms with E-state index in [0.717, 1.165) is 12.1 Å². The summed E-state index contributed by atoms with van der Waals surface area (Å²) in [7, 11) is 0. The highest BCUT2D eigenvalue weighted by atomic mass is 19.4. The van der Waals surface area contributed by atoms with Gasteiger partial charge in [-0.2, -0.15) is 18.2 Å². The molecule has 9 heteroatoms. The molecule has 1 unspecified atom stereocenters. The maximum absolute atomic E-state index is 12.7. The number of rotatable bonds is 6. The third kappa shape index (κ3) is 4.55. The van der Waals surface area contributed by atoms with Crippen molar-refractivity contribution in [3.63, 3.8) is 0 Å². The molecule has 2 aromatic carbocycles. The van der Waals surface area contributed by atoms with Crippen LogP contribution in [0.1, 0.15) is 36.3 Å². The van der Waals surface area contributed by atoms with E-state index in [1.165, 1.54) is 12.1 Å². The number of amides is 1. The van der Waals surface area contributed by atoms with Crippen molar-refractivity contribution in [3.8, 4) is 17.1 Å². The predicted octanol–water partition coefficient (Wildman–Crippen LogP) is 4.67. The van der Waals surface area contributed by atoms with Gasteiger partial charge < -0.3 is 14.2 Å². The SMILES string of the molecule is CCOc1ccccc1-c1noc(C2CC(=O)N(Cc3ccc(C(F)(F)F)cc3)C2)n1. The van der Waals surface area contributed by atoms with E-state index < -0.39 is 11.7 Å². The zero-order valence-electron chi connectivity index (χ0n) is 16.7. The third-order valence-corrected chi connectivity index (χ3v) is 5.09. The van der Waals surface area contributed by atoms with Crippen molar-refractivity contribution in [2.75, 3.05) is 13.2 Å². The Morgan fingerprint density at radius 2 is 1.90 bits per heavy atom. The van der Waals surface area contributed by atoms with Gasteiger partial charge in [-0.25, -0.2) is 0 Å². The van der Waals surface area contributed by atoms with E-state index >= 15 is 0 Å². The molecule has 1 saturated heterocycles. The number of hydrogen-bond acceptors (Lipinski definition) is 5. The van der Waals surface area contributed by atoms with E-state index in [9.17, 15) is 18.0 Å². The van der Waals surface area contributed by atoms with Crippen LogP contribution in [0.25, 0.3) is 11.4 Å². The van der Waals surface area contributed by atoms with Crippen molar-refractivity contribution in [3.05, 3.63) is 65.5 Å². The number of carbonyl (C=O) groups is 1. The van der Waals surface area contributed by atoms with Crippen LogP contribution in [0, 0.1) is 0 Å². The van der Waals surface area contributed by atoms with Gasteiger partial charge in [-0.05, 0) is 36.8 Å². The lowest BCUT2D eigenvalue weighted by Crippen LogP contribution is -2.24. The minimum Gasteiger partial charge on any atom is -0.493 e. The first-order valence-corrected chi connectivity index (χ1v) is 9.85. The number of nitrogens with zero attached hydrogens (tertiary/aromatic N) is 3. The van der Waals surface area contributed by atoms with Crippen molar-refractivity contribution < 1.29 is 27.2 Å². The molecule has 6 nitrogen and oxygen atoms in total. The molecule has 0 spiro atoms. The average Bonchev–Trinajstić information content (AvgIpc) is 3.36. The van der Waals surface area contributed by atoms with E-state index in [4.69, 9.17) is 9.26 Å². The van der Waals surface area contributed by atoms with Crippen LogP contribution in [0.2, 0.25) is 0 Å². The van der Waals surface area contributed by atoms with Crippen LogP contribution < -0.4 is 4.74 Å². The van der Waals surface area contributed by atoms with Crippen molar-refractivity contribution in [1.82, 2.24) is 15.0 Å². The standard InChI is InChI=1S/C22H20F3N3O3/c1-2-30-18-6-4-3-5-17(18)20-26-21(31-27-20)15-11-19(29)28(13-15)12-14-7-9-16(10-8-14)22(23,24)25/h3-10,15H,2,11-13H2,1H3. The summed E-state index contributed by atoms with van der Waals surface area (Å²) in [6.07, 6.45) is -4.18. The lowest BCUT2D eigenvalue weighted by molar-refractivity contribution is -0.137. The van der Waals surface area contributed by atoms with Crippen LogP contribution >= 0.6 is 0 Å². The number of ether oxygens (including phenoxy) is 1. The van der Waals surface area contributed by atoms with Gasteiger partial charge in [-0.3, -0.25) is 4.79 Å². The van der Waals surface area contributed by atoms with Crippen LogP contribution in [0.4, 0.5) is 13.2 Å². The Hall–Kier alpha value is -3.36. The van der Waals surface area contributed by atoms with Gasteiger partial charge >= 0.3 is 6.18 Å². The fourth-order valence-electron chi connectivity index (χ4n) is 3.55. The number of alkyl halides is 3. The number of likely N-dealkylation sites (tertiary alicyclic amines) is 1. The molecule has 0 radical (unpaired) electrons. The first kappa shape index (κ1) is 20.9. The average molecular weight is 431 g/mol. The molecule has 1 atom stereocenters. The fraction of sp³-hybridized carbons (Fsp3) is 0.318. The van der Waals surface area contributed by atoms with Gasteiger partial charge in [0.15, 0.2) is 0 Å². The lowest BCUT2D eigenvalue weighted by atomic mass is 10.1. The molecule has 0 saturated carbocycles. The van der Waals surface area contributed by atoms with Crippen molar-refractivity contribution in [2.24, 2.45) is 0 Å². The summed E-state index contributed by atoms with van der Waals surface area (Å²) < 4.78 is 49.2. The highest BCUT2D eigenvalue weighted by Gasteiger charge is 2.35. The molecular formula is C22H20F3N3O3. The molecule has 1 aromatic heterocycles. The van der Waals surface area contributed by atoms with Crippen LogP contribution in [0.3, 0.4) is 0 Å². The zero-order valence-corrected chi connectivity index (χ0v) is 16.7. The Labute approximate surface area is 176 Å². The number of benzene rings is 2. The Bertz CT molecular complexity index is 1060. The second-order valence-electron chi connectivity index (χ2n) is 7.26. The van der Waals surface area contributed by atoms with Gasteiger partial charge in [0.1, 0.15) is 5.75 Å². The summed E-state index contributed by atoms with van der Waals surface area (Å²) in [6.45, 7) is 2.96. The summed E-state index contributed by atoms with van der Waals surface area (Å²) >= 11 is 0. The number of aromatic nitrogens is 2. The summed E-state index contributed by atoms with van der Waals surface area (Å²) in [5, 5.41) is 4.04. The maximum atomic E-state index is 12.7. The first-order chi connectivity index (χ1) is 14.8. The summed E-state index contributed by atoms with van der Waals surface area (Å²) in [5.41, 5.74) is 0.608. The molecular weight excluding hydrogens is 411 g/mol. The van der Waals surface area contributed by atoms with E-state index in [2.05, 4.69) is 10.1 Å². The molecule has 31 heavy (non-hydrogen) atoms. The monoisotopic (exact) mass is 431 g/mol. The molecule has 1 aliphatic rings. The molecule has 162 valence electrons. The Morgan fingerprint density at radius 3 is 2.61 bits per heavy atom. The highest BCUT2D eigenvalue weighted by Crippen LogP contribution is 2.33. The smallest absolute Gasteiger partial charge is 0.416 e. The van der Waals surface area contributed by atoms with Gasteiger partial charge in [0.05, 0.1) is 23.7 Å². The van der Waals surface area contributed by atoms with Crippen LogP contribution in [0.15, 0.2) is 53.1 Å². The fourth-order valence-corrected chi connectivity index (χ4v) is 3.55. The van der Waals surface area contributed by atoms with Gasteiger partial charge in [-0.15, -0.1) is 0 Å². The molecule has 1 fully saturated rings. The van der Waals surface area contributed by atoms with Crippen LogP contribution in [0.5, 0.6) is 5.75 Å². The second kappa shape index (κ2) is 8.41. The third-order valence-electron chi connectivity index (χ3n) is 5.09. The summed E-state index contributed by atoms with van der Waals surface area (Å²) in [4.78, 5) is 18.5. The molecule has 2 heterocycles. The number of para-hydroxylation sites is 1. The number of carbonyl (C=O) groups excluding carboxylic acids is 1. The molecule has 0 bridgehead atoms. The van der Waals surface area contributed by atoms with Crippen molar-refractivity contribution >= 4 is 5.91 Å². The van der Waals surface area contributed by atoms with Crippen LogP contribution in [-0.2, 0) is 17.5 Å². The minimum absolute atomic E-state index is 0.112. The quantitative estimate of drug-likeness (QED) is 0.567. The predicted molar refractivity (Wildman–Crippen MR) is 105 cm³/mol. The minimum atomic E-state index is -4.39. The molecule has 3 aromatic rings. The molecule has 0 aliphatic carbocycles. The first-order valence-electron chi connectivity index (χ1n) is 9.85. The van der Waals surface area contributed by atoms with Crippen molar-refractivity contribution in [2.45, 2.75) is 32.0 Å². The molecule has 1 amide bonds. The van der Waals surface area contributed by atoms with Gasteiger partial charge in [0, 0.05) is 19.5 Å². The Kier molecular flexibility index (Phi) is 5.67. The van der Waals surface area contributed by atoms with Crippen LogP contribution in [-0.4, -0.2) is 34.1 Å². The zero-order chi connectivity index (χ0) is 22.0. The highest BCUT2D eigenvalue weighted by molar-refractivity contribution is 5.79. The van der Waals surface area contributed by atoms with E-state index in [-0.39, 0.29) is 24.8 Å². The summed E-state index contributed by atoms with van der Waals surface area (Å²) in [5.74, 6) is 0.989. The van der Waals surface area contributed by atoms with Crippen molar-refractivity contribution in [1.29, 1.82) is 0 Å². The number of halogens is 3. The largest absolute Gasteiger partial charge is 0.493 e. The lowest BCUT2D eigenvalue weighted by Gasteiger charge is -2.16. The normalized spacial score (nSPS) is 16.7. The van der Waals surface area contributed by atoms with E-state index in [1.807, 2.05) is 31.2 Å². The summed E-state index contributed by atoms with van der Waals surface area (Å²) in [6, 6.07) is 12.2. The molecule has 0 N–H and O–H groups in total. The van der Waals surface area contributed by atoms with Gasteiger partial charge in [0.25, 0.3) is 0 Å². The van der Waals surface area contributed by atoms with E-state index in [0.29, 0.717) is 41.7 Å². The topological polar surface area (TPSA) is 68.5 Å². The Morgan fingerprint density at radius 1 is 1.16 bits per heavy atom. The molecule has 4 rings (SSSR count). The Balaban J connectivity index is 1.46. The molecule has 1 aliphatic heterocycles. The number of hydrogen-bond donors (Lipinski definition) is 0. The van der Waals surface area contributed by atoms with E-state index in [1.54, 1.807) is 4.90 Å². The van der Waals surface area contributed by atoms with Gasteiger partial charge in [-0.1, -0.05) is 29.4 Å². The maximum Gasteiger partial charge on any atom is 0.416 e.